The number of fused-ring (bicyclic) bond motifs is 1. The van der Waals surface area contributed by atoms with E-state index in [0.29, 0.717) is 55.3 Å². The Morgan fingerprint density at radius 1 is 1.06 bits per heavy atom. The van der Waals surface area contributed by atoms with E-state index in [2.05, 4.69) is 4.90 Å². The van der Waals surface area contributed by atoms with Crippen LogP contribution >= 0.6 is 11.6 Å². The third-order valence-electron chi connectivity index (χ3n) is 6.68. The predicted molar refractivity (Wildman–Crippen MR) is 128 cm³/mol. The fraction of sp³-hybridized carbons (Fsp3) is 0.480. The van der Waals surface area contributed by atoms with Crippen molar-refractivity contribution in [1.82, 2.24) is 14.4 Å². The Morgan fingerprint density at radius 3 is 2.53 bits per heavy atom. The van der Waals surface area contributed by atoms with E-state index in [4.69, 9.17) is 21.1 Å². The summed E-state index contributed by atoms with van der Waals surface area (Å²) >= 11 is 6.01. The van der Waals surface area contributed by atoms with Crippen LogP contribution in [0.4, 0.5) is 0 Å². The van der Waals surface area contributed by atoms with Crippen molar-refractivity contribution in [3.8, 4) is 5.75 Å². The number of carbonyl (C=O) groups is 2. The van der Waals surface area contributed by atoms with Crippen LogP contribution in [-0.4, -0.2) is 66.1 Å². The van der Waals surface area contributed by atoms with Gasteiger partial charge in [-0.1, -0.05) is 23.7 Å². The van der Waals surface area contributed by atoms with Gasteiger partial charge in [-0.2, -0.15) is 0 Å². The number of amides is 1. The number of ether oxygens (including phenoxy) is 2. The molecule has 8 nitrogen and oxygen atoms in total. The third-order valence-corrected chi connectivity index (χ3v) is 6.93. The predicted octanol–water partition coefficient (Wildman–Crippen LogP) is 2.74. The molecule has 1 atom stereocenters. The summed E-state index contributed by atoms with van der Waals surface area (Å²) in [5, 5.41) is 0.691. The van der Waals surface area contributed by atoms with Crippen LogP contribution in [0.3, 0.4) is 0 Å². The number of piperidine rings is 1. The molecule has 1 saturated heterocycles. The number of hydrogen-bond donors (Lipinski definition) is 0. The Bertz CT molecular complexity index is 1110. The molecule has 3 heterocycles. The molecule has 0 radical (unpaired) electrons. The number of esters is 1. The molecule has 2 aromatic rings. The zero-order valence-corrected chi connectivity index (χ0v) is 20.3. The highest BCUT2D eigenvalue weighted by Crippen LogP contribution is 2.28. The number of methoxy groups -OCH3 is 2. The van der Waals surface area contributed by atoms with Crippen LogP contribution < -0.4 is 10.3 Å². The fourth-order valence-electron chi connectivity index (χ4n) is 4.89. The van der Waals surface area contributed by atoms with Crippen LogP contribution in [0.15, 0.2) is 35.1 Å². The van der Waals surface area contributed by atoms with Crippen LogP contribution in [-0.2, 0) is 29.0 Å². The van der Waals surface area contributed by atoms with Crippen molar-refractivity contribution in [3.63, 3.8) is 0 Å². The van der Waals surface area contributed by atoms with Gasteiger partial charge in [0.05, 0.1) is 14.2 Å². The van der Waals surface area contributed by atoms with Crippen LogP contribution in [0.5, 0.6) is 5.75 Å². The number of likely N-dealkylation sites (tertiary alicyclic amines) is 1. The van der Waals surface area contributed by atoms with Gasteiger partial charge in [-0.3, -0.25) is 14.5 Å². The van der Waals surface area contributed by atoms with E-state index in [1.165, 1.54) is 20.3 Å². The zero-order valence-electron chi connectivity index (χ0n) is 19.6. The highest BCUT2D eigenvalue weighted by molar-refractivity contribution is 6.30. The average molecular weight is 488 g/mol. The minimum atomic E-state index is -0.629. The second kappa shape index (κ2) is 10.6. The molecule has 0 bridgehead atoms. The molecule has 1 aromatic heterocycles. The van der Waals surface area contributed by atoms with Crippen LogP contribution in [0, 0.1) is 0 Å². The average Bonchev–Trinajstić information content (AvgIpc) is 3.07. The van der Waals surface area contributed by atoms with Gasteiger partial charge in [0.25, 0.3) is 11.5 Å². The lowest BCUT2D eigenvalue weighted by Crippen LogP contribution is -2.49. The molecule has 9 heteroatoms. The van der Waals surface area contributed by atoms with Crippen molar-refractivity contribution in [2.24, 2.45) is 0 Å². The molecule has 1 aromatic carbocycles. The molecule has 1 fully saturated rings. The van der Waals surface area contributed by atoms with Gasteiger partial charge in [0, 0.05) is 55.9 Å². The topological polar surface area (TPSA) is 81.1 Å². The molecular weight excluding hydrogens is 458 g/mol. The third kappa shape index (κ3) is 4.98. The lowest BCUT2D eigenvalue weighted by atomic mass is 9.99. The summed E-state index contributed by atoms with van der Waals surface area (Å²) in [4.78, 5) is 42.9. The van der Waals surface area contributed by atoms with Crippen molar-refractivity contribution >= 4 is 23.5 Å². The Kier molecular flexibility index (Phi) is 7.58. The molecular formula is C25H30ClN3O5. The summed E-state index contributed by atoms with van der Waals surface area (Å²) in [6.07, 6.45) is 2.74. The molecule has 0 spiro atoms. The number of pyridine rings is 1. The smallest absolute Gasteiger partial charge is 0.328 e. The first-order chi connectivity index (χ1) is 16.4. The van der Waals surface area contributed by atoms with Crippen molar-refractivity contribution in [2.75, 3.05) is 33.9 Å². The number of hydrogen-bond acceptors (Lipinski definition) is 6. The summed E-state index contributed by atoms with van der Waals surface area (Å²) in [5.74, 6) is -0.455. The molecule has 2 aliphatic rings. The number of halogens is 1. The minimum Gasteiger partial charge on any atom is -0.496 e. The van der Waals surface area contributed by atoms with Gasteiger partial charge in [-0.25, -0.2) is 4.79 Å². The van der Waals surface area contributed by atoms with Crippen LogP contribution in [0.1, 0.15) is 40.9 Å². The summed E-state index contributed by atoms with van der Waals surface area (Å²) in [7, 11) is 2.80. The van der Waals surface area contributed by atoms with Gasteiger partial charge < -0.3 is 18.9 Å². The highest BCUT2D eigenvalue weighted by atomic mass is 35.5. The Balaban J connectivity index is 1.65. The van der Waals surface area contributed by atoms with Crippen molar-refractivity contribution in [3.05, 3.63) is 62.5 Å². The van der Waals surface area contributed by atoms with E-state index < -0.39 is 12.0 Å². The monoisotopic (exact) mass is 487 g/mol. The fourth-order valence-corrected chi connectivity index (χ4v) is 5.02. The van der Waals surface area contributed by atoms with E-state index in [9.17, 15) is 14.4 Å². The first kappa shape index (κ1) is 24.3. The van der Waals surface area contributed by atoms with Crippen molar-refractivity contribution < 1.29 is 19.1 Å². The van der Waals surface area contributed by atoms with E-state index >= 15 is 0 Å². The van der Waals surface area contributed by atoms with Gasteiger partial charge >= 0.3 is 5.97 Å². The van der Waals surface area contributed by atoms with Gasteiger partial charge in [0.1, 0.15) is 17.4 Å². The van der Waals surface area contributed by atoms with Crippen molar-refractivity contribution in [2.45, 2.75) is 44.8 Å². The summed E-state index contributed by atoms with van der Waals surface area (Å²) < 4.78 is 12.1. The SMILES string of the molecule is COC(=O)C1CCCCN1C(=O)c1c(OC)cc(=O)n2c1CCN(Cc1ccc(Cl)cc1)CC2. The van der Waals surface area contributed by atoms with Crippen LogP contribution in [0.25, 0.3) is 0 Å². The maximum absolute atomic E-state index is 13.8. The lowest BCUT2D eigenvalue weighted by molar-refractivity contribution is -0.147. The molecule has 2 aliphatic heterocycles. The summed E-state index contributed by atoms with van der Waals surface area (Å²) in [5.41, 5.74) is 1.96. The molecule has 0 saturated carbocycles. The quantitative estimate of drug-likeness (QED) is 0.603. The Hall–Kier alpha value is -2.84. The number of aromatic nitrogens is 1. The van der Waals surface area contributed by atoms with Crippen molar-refractivity contribution in [1.29, 1.82) is 0 Å². The number of carbonyl (C=O) groups excluding carboxylic acids is 2. The highest BCUT2D eigenvalue weighted by Gasteiger charge is 2.36. The first-order valence-corrected chi connectivity index (χ1v) is 12.0. The Labute approximate surface area is 204 Å². The Morgan fingerprint density at radius 2 is 1.82 bits per heavy atom. The van der Waals surface area contributed by atoms with Gasteiger partial charge in [-0.05, 0) is 37.0 Å². The molecule has 0 aliphatic carbocycles. The zero-order chi connectivity index (χ0) is 24.2. The van der Waals surface area contributed by atoms with E-state index in [-0.39, 0.29) is 17.2 Å². The molecule has 0 N–H and O–H groups in total. The number of nitrogens with zero attached hydrogens (tertiary/aromatic N) is 3. The van der Waals surface area contributed by atoms with E-state index in [1.54, 1.807) is 9.47 Å². The standard InChI is InChI=1S/C25H30ClN3O5/c1-33-21-15-22(30)28-14-13-27(16-17-6-8-18(26)9-7-17)12-10-19(28)23(21)24(31)29-11-4-3-5-20(29)25(32)34-2/h6-9,15,20H,3-5,10-14,16H2,1-2H3. The summed E-state index contributed by atoms with van der Waals surface area (Å²) in [6, 6.07) is 8.47. The molecule has 34 heavy (non-hydrogen) atoms. The number of rotatable bonds is 5. The van der Waals surface area contributed by atoms with Gasteiger partial charge in [-0.15, -0.1) is 0 Å². The number of benzene rings is 1. The van der Waals surface area contributed by atoms with Gasteiger partial charge in [0.15, 0.2) is 0 Å². The van der Waals surface area contributed by atoms with E-state index in [1.807, 2.05) is 24.3 Å². The molecule has 4 rings (SSSR count). The maximum Gasteiger partial charge on any atom is 0.328 e. The molecule has 1 amide bonds. The summed E-state index contributed by atoms with van der Waals surface area (Å²) in [6.45, 7) is 2.99. The second-order valence-electron chi connectivity index (χ2n) is 8.71. The lowest BCUT2D eigenvalue weighted by Gasteiger charge is -2.34. The molecule has 1 unspecified atom stereocenters. The first-order valence-electron chi connectivity index (χ1n) is 11.6. The van der Waals surface area contributed by atoms with Crippen LogP contribution in [0.2, 0.25) is 5.02 Å². The molecule has 182 valence electrons. The maximum atomic E-state index is 13.8. The minimum absolute atomic E-state index is 0.195. The second-order valence-corrected chi connectivity index (χ2v) is 9.15. The normalized spacial score (nSPS) is 18.7. The van der Waals surface area contributed by atoms with Gasteiger partial charge in [0.2, 0.25) is 0 Å². The largest absolute Gasteiger partial charge is 0.496 e. The van der Waals surface area contributed by atoms with E-state index in [0.717, 1.165) is 24.9 Å².